The largest absolute Gasteiger partial charge is 0.497 e. The lowest BCUT2D eigenvalue weighted by Gasteiger charge is -2.35. The van der Waals surface area contributed by atoms with Gasteiger partial charge < -0.3 is 19.1 Å². The fourth-order valence-electron chi connectivity index (χ4n) is 3.25. The Morgan fingerprint density at radius 1 is 1.11 bits per heavy atom. The molecule has 1 fully saturated rings. The van der Waals surface area contributed by atoms with Crippen molar-refractivity contribution in [3.63, 3.8) is 0 Å². The van der Waals surface area contributed by atoms with Crippen LogP contribution in [0.1, 0.15) is 51.9 Å². The summed E-state index contributed by atoms with van der Waals surface area (Å²) in [6, 6.07) is 7.11. The van der Waals surface area contributed by atoms with Crippen LogP contribution in [0.4, 0.5) is 0 Å². The Bertz CT molecular complexity index is 836. The molecule has 1 saturated heterocycles. The summed E-state index contributed by atoms with van der Waals surface area (Å²) in [5.74, 6) is 1.23. The van der Waals surface area contributed by atoms with Crippen molar-refractivity contribution in [2.24, 2.45) is 0 Å². The maximum Gasteiger partial charge on any atom is 0.259 e. The molecule has 7 nitrogen and oxygen atoms in total. The number of amides is 2. The summed E-state index contributed by atoms with van der Waals surface area (Å²) in [4.78, 5) is 29.2. The molecule has 0 atom stereocenters. The normalized spacial score (nSPS) is 14.6. The van der Waals surface area contributed by atoms with Crippen LogP contribution in [-0.2, 0) is 0 Å². The third-order valence-electron chi connectivity index (χ3n) is 4.80. The van der Waals surface area contributed by atoms with Gasteiger partial charge in [0.1, 0.15) is 11.3 Å². The molecule has 0 aliphatic carbocycles. The van der Waals surface area contributed by atoms with Gasteiger partial charge in [0.25, 0.3) is 11.8 Å². The van der Waals surface area contributed by atoms with Crippen LogP contribution in [0.3, 0.4) is 0 Å². The molecule has 144 valence electrons. The van der Waals surface area contributed by atoms with Crippen molar-refractivity contribution >= 4 is 11.8 Å². The molecule has 3 rings (SSSR count). The predicted molar refractivity (Wildman–Crippen MR) is 100 cm³/mol. The maximum absolute atomic E-state index is 12.9. The van der Waals surface area contributed by atoms with E-state index in [0.717, 1.165) is 0 Å². The number of rotatable bonds is 4. The standard InChI is InChI=1S/C20H25N3O4/c1-13(2)18-17(14(3)21-27-18)20(25)23-10-8-22(9-11-23)19(24)15-6-5-7-16(12-15)26-4/h5-7,12-13H,8-11H2,1-4H3. The van der Waals surface area contributed by atoms with Crippen LogP contribution in [0, 0.1) is 6.92 Å². The quantitative estimate of drug-likeness (QED) is 0.826. The average Bonchev–Trinajstić information content (AvgIpc) is 3.08. The fourth-order valence-corrected chi connectivity index (χ4v) is 3.25. The summed E-state index contributed by atoms with van der Waals surface area (Å²) in [7, 11) is 1.58. The Balaban J connectivity index is 1.67. The van der Waals surface area contributed by atoms with Crippen LogP contribution in [0.5, 0.6) is 5.75 Å². The van der Waals surface area contributed by atoms with Crippen molar-refractivity contribution < 1.29 is 18.8 Å². The molecule has 0 spiro atoms. The minimum Gasteiger partial charge on any atom is -0.497 e. The van der Waals surface area contributed by atoms with Gasteiger partial charge in [-0.1, -0.05) is 25.1 Å². The zero-order chi connectivity index (χ0) is 19.6. The number of nitrogens with zero attached hydrogens (tertiary/aromatic N) is 3. The van der Waals surface area contributed by atoms with Gasteiger partial charge in [0.15, 0.2) is 5.76 Å². The predicted octanol–water partition coefficient (Wildman–Crippen LogP) is 2.71. The molecule has 1 aromatic carbocycles. The van der Waals surface area contributed by atoms with E-state index in [1.165, 1.54) is 0 Å². The SMILES string of the molecule is COc1cccc(C(=O)N2CCN(C(=O)c3c(C)noc3C(C)C)CC2)c1. The summed E-state index contributed by atoms with van der Waals surface area (Å²) in [6.45, 7) is 7.67. The van der Waals surface area contributed by atoms with Crippen LogP contribution < -0.4 is 4.74 Å². The number of hydrogen-bond acceptors (Lipinski definition) is 5. The van der Waals surface area contributed by atoms with Gasteiger partial charge in [-0.15, -0.1) is 0 Å². The van der Waals surface area contributed by atoms with E-state index in [4.69, 9.17) is 9.26 Å². The van der Waals surface area contributed by atoms with Crippen molar-refractivity contribution in [1.82, 2.24) is 15.0 Å². The smallest absolute Gasteiger partial charge is 0.259 e. The molecular formula is C20H25N3O4. The number of carbonyl (C=O) groups is 2. The Morgan fingerprint density at radius 3 is 2.33 bits per heavy atom. The number of carbonyl (C=O) groups excluding carboxylic acids is 2. The van der Waals surface area contributed by atoms with Gasteiger partial charge in [0.2, 0.25) is 0 Å². The van der Waals surface area contributed by atoms with E-state index in [2.05, 4.69) is 5.16 Å². The van der Waals surface area contributed by atoms with E-state index in [-0.39, 0.29) is 17.7 Å². The first-order chi connectivity index (χ1) is 12.9. The van der Waals surface area contributed by atoms with Crippen molar-refractivity contribution in [3.8, 4) is 5.75 Å². The summed E-state index contributed by atoms with van der Waals surface area (Å²) in [5, 5.41) is 3.95. The van der Waals surface area contributed by atoms with Gasteiger partial charge >= 0.3 is 0 Å². The molecular weight excluding hydrogens is 346 g/mol. The van der Waals surface area contributed by atoms with E-state index >= 15 is 0 Å². The number of aryl methyl sites for hydroxylation is 1. The van der Waals surface area contributed by atoms with Crippen molar-refractivity contribution in [2.45, 2.75) is 26.7 Å². The zero-order valence-electron chi connectivity index (χ0n) is 16.2. The topological polar surface area (TPSA) is 75.9 Å². The van der Waals surface area contributed by atoms with E-state index in [1.807, 2.05) is 13.8 Å². The Kier molecular flexibility index (Phi) is 5.48. The molecule has 1 aliphatic rings. The highest BCUT2D eigenvalue weighted by Gasteiger charge is 2.30. The summed E-state index contributed by atoms with van der Waals surface area (Å²) in [6.07, 6.45) is 0. The number of aromatic nitrogens is 1. The van der Waals surface area contributed by atoms with Gasteiger partial charge in [-0.3, -0.25) is 9.59 Å². The van der Waals surface area contributed by atoms with Gasteiger partial charge in [0, 0.05) is 37.7 Å². The summed E-state index contributed by atoms with van der Waals surface area (Å²) < 4.78 is 10.5. The fraction of sp³-hybridized carbons (Fsp3) is 0.450. The van der Waals surface area contributed by atoms with Crippen molar-refractivity contribution in [2.75, 3.05) is 33.3 Å². The first-order valence-corrected chi connectivity index (χ1v) is 9.11. The number of methoxy groups -OCH3 is 1. The number of ether oxygens (including phenoxy) is 1. The lowest BCUT2D eigenvalue weighted by Crippen LogP contribution is -2.50. The molecule has 0 radical (unpaired) electrons. The second kappa shape index (κ2) is 7.82. The highest BCUT2D eigenvalue weighted by atomic mass is 16.5. The van der Waals surface area contributed by atoms with Crippen molar-refractivity contribution in [3.05, 3.63) is 46.8 Å². The third kappa shape index (κ3) is 3.82. The van der Waals surface area contributed by atoms with Crippen molar-refractivity contribution in [1.29, 1.82) is 0 Å². The van der Waals surface area contributed by atoms with Crippen LogP contribution in [-0.4, -0.2) is 60.1 Å². The van der Waals surface area contributed by atoms with Gasteiger partial charge in [-0.25, -0.2) is 0 Å². The molecule has 7 heteroatoms. The molecule has 2 heterocycles. The van der Waals surface area contributed by atoms with E-state index in [1.54, 1.807) is 48.1 Å². The second-order valence-corrected chi connectivity index (χ2v) is 6.98. The molecule has 0 N–H and O–H groups in total. The van der Waals surface area contributed by atoms with E-state index in [0.29, 0.717) is 54.5 Å². The monoisotopic (exact) mass is 371 g/mol. The van der Waals surface area contributed by atoms with Crippen LogP contribution in [0.2, 0.25) is 0 Å². The van der Waals surface area contributed by atoms with E-state index in [9.17, 15) is 9.59 Å². The Labute approximate surface area is 158 Å². The Morgan fingerprint density at radius 2 is 1.74 bits per heavy atom. The van der Waals surface area contributed by atoms with Gasteiger partial charge in [-0.05, 0) is 25.1 Å². The molecule has 1 aromatic heterocycles. The highest BCUT2D eigenvalue weighted by molar-refractivity contribution is 5.97. The molecule has 2 amide bonds. The molecule has 27 heavy (non-hydrogen) atoms. The lowest BCUT2D eigenvalue weighted by atomic mass is 10.0. The minimum atomic E-state index is -0.0778. The molecule has 0 saturated carbocycles. The molecule has 0 unspecified atom stereocenters. The lowest BCUT2D eigenvalue weighted by molar-refractivity contribution is 0.0533. The van der Waals surface area contributed by atoms with Crippen LogP contribution in [0.15, 0.2) is 28.8 Å². The first-order valence-electron chi connectivity index (χ1n) is 9.11. The van der Waals surface area contributed by atoms with Crippen LogP contribution in [0.25, 0.3) is 0 Å². The Hall–Kier alpha value is -2.83. The maximum atomic E-state index is 12.9. The van der Waals surface area contributed by atoms with Crippen LogP contribution >= 0.6 is 0 Å². The zero-order valence-corrected chi connectivity index (χ0v) is 16.2. The summed E-state index contributed by atoms with van der Waals surface area (Å²) in [5.41, 5.74) is 1.75. The minimum absolute atomic E-state index is 0.0509. The average molecular weight is 371 g/mol. The number of hydrogen-bond donors (Lipinski definition) is 0. The van der Waals surface area contributed by atoms with Gasteiger partial charge in [-0.2, -0.15) is 0 Å². The molecule has 0 bridgehead atoms. The summed E-state index contributed by atoms with van der Waals surface area (Å²) >= 11 is 0. The third-order valence-corrected chi connectivity index (χ3v) is 4.80. The van der Waals surface area contributed by atoms with Gasteiger partial charge in [0.05, 0.1) is 12.8 Å². The van der Waals surface area contributed by atoms with E-state index < -0.39 is 0 Å². The molecule has 2 aromatic rings. The highest BCUT2D eigenvalue weighted by Crippen LogP contribution is 2.24. The number of piperazine rings is 1. The first kappa shape index (κ1) is 18.9. The second-order valence-electron chi connectivity index (χ2n) is 6.98. The number of benzene rings is 1. The molecule has 1 aliphatic heterocycles.